The molecule has 13 heavy (non-hydrogen) atoms. The molecule has 2 nitrogen and oxygen atoms in total. The zero-order chi connectivity index (χ0) is 10.1. The summed E-state index contributed by atoms with van der Waals surface area (Å²) in [5, 5.41) is 10.4. The molecule has 78 valence electrons. The normalized spacial score (nSPS) is 35.3. The van der Waals surface area contributed by atoms with E-state index in [0.717, 1.165) is 25.0 Å². The highest BCUT2D eigenvalue weighted by Gasteiger charge is 2.37. The minimum absolute atomic E-state index is 0.122. The molecular weight excluding hydrogens is 182 g/mol. The van der Waals surface area contributed by atoms with E-state index in [0.29, 0.717) is 5.25 Å². The largest absolute Gasteiger partial charge is 0.389 e. The van der Waals surface area contributed by atoms with E-state index >= 15 is 0 Å². The topological polar surface area (TPSA) is 46.2 Å². The second-order valence-corrected chi connectivity index (χ2v) is 6.23. The van der Waals surface area contributed by atoms with E-state index in [1.54, 1.807) is 0 Å². The molecule has 0 aromatic heterocycles. The lowest BCUT2D eigenvalue weighted by Gasteiger charge is -2.28. The van der Waals surface area contributed by atoms with Crippen molar-refractivity contribution in [3.05, 3.63) is 0 Å². The molecule has 0 amide bonds. The third kappa shape index (κ3) is 3.49. The maximum absolute atomic E-state index is 9.99. The summed E-state index contributed by atoms with van der Waals surface area (Å²) in [6, 6.07) is 0. The standard InChI is InChI=1S/C10H21NOS/c1-9(2,11)7-13-8-5-4-6-10(8,3)12/h8,12H,4-7,11H2,1-3H3. The third-order valence-corrected chi connectivity index (χ3v) is 4.56. The second-order valence-electron chi connectivity index (χ2n) is 5.04. The van der Waals surface area contributed by atoms with Gasteiger partial charge in [-0.1, -0.05) is 0 Å². The Balaban J connectivity index is 2.37. The summed E-state index contributed by atoms with van der Waals surface area (Å²) in [6.45, 7) is 6.01. The van der Waals surface area contributed by atoms with E-state index in [-0.39, 0.29) is 5.54 Å². The first-order valence-corrected chi connectivity index (χ1v) is 5.99. The Hall–Kier alpha value is 0.270. The Morgan fingerprint density at radius 3 is 2.62 bits per heavy atom. The van der Waals surface area contributed by atoms with Crippen LogP contribution in [0.15, 0.2) is 0 Å². The van der Waals surface area contributed by atoms with Gasteiger partial charge in [0.2, 0.25) is 0 Å². The Morgan fingerprint density at radius 1 is 1.62 bits per heavy atom. The van der Waals surface area contributed by atoms with Crippen LogP contribution in [0.1, 0.15) is 40.0 Å². The van der Waals surface area contributed by atoms with Gasteiger partial charge < -0.3 is 10.8 Å². The second kappa shape index (κ2) is 3.79. The van der Waals surface area contributed by atoms with Gasteiger partial charge in [-0.2, -0.15) is 11.8 Å². The first-order valence-electron chi connectivity index (χ1n) is 4.94. The summed E-state index contributed by atoms with van der Waals surface area (Å²) < 4.78 is 0. The van der Waals surface area contributed by atoms with Crippen molar-refractivity contribution in [3.8, 4) is 0 Å². The number of hydrogen-bond donors (Lipinski definition) is 2. The van der Waals surface area contributed by atoms with E-state index in [4.69, 9.17) is 5.73 Å². The molecule has 0 spiro atoms. The van der Waals surface area contributed by atoms with Crippen molar-refractivity contribution in [3.63, 3.8) is 0 Å². The van der Waals surface area contributed by atoms with Crippen molar-refractivity contribution in [1.82, 2.24) is 0 Å². The molecule has 1 fully saturated rings. The average Bonchev–Trinajstić information content (AvgIpc) is 2.23. The maximum Gasteiger partial charge on any atom is 0.0737 e. The number of hydrogen-bond acceptors (Lipinski definition) is 3. The van der Waals surface area contributed by atoms with Crippen molar-refractivity contribution >= 4 is 11.8 Å². The van der Waals surface area contributed by atoms with Crippen LogP contribution in [-0.2, 0) is 0 Å². The molecule has 0 radical (unpaired) electrons. The van der Waals surface area contributed by atoms with Crippen molar-refractivity contribution < 1.29 is 5.11 Å². The highest BCUT2D eigenvalue weighted by molar-refractivity contribution is 8.00. The van der Waals surface area contributed by atoms with Gasteiger partial charge in [-0.05, 0) is 40.0 Å². The predicted molar refractivity (Wildman–Crippen MR) is 59.0 cm³/mol. The summed E-state index contributed by atoms with van der Waals surface area (Å²) in [5.74, 6) is 0.924. The van der Waals surface area contributed by atoms with Gasteiger partial charge in [0.15, 0.2) is 0 Å². The summed E-state index contributed by atoms with van der Waals surface area (Å²) in [4.78, 5) is 0. The lowest BCUT2D eigenvalue weighted by atomic mass is 10.1. The van der Waals surface area contributed by atoms with Crippen LogP contribution in [-0.4, -0.2) is 27.2 Å². The van der Waals surface area contributed by atoms with Crippen molar-refractivity contribution in [2.75, 3.05) is 5.75 Å². The summed E-state index contributed by atoms with van der Waals surface area (Å²) in [7, 11) is 0. The molecule has 1 rings (SSSR count). The Kier molecular flexibility index (Phi) is 3.31. The lowest BCUT2D eigenvalue weighted by molar-refractivity contribution is 0.0734. The number of aliphatic hydroxyl groups is 1. The monoisotopic (exact) mass is 203 g/mol. The van der Waals surface area contributed by atoms with E-state index in [1.807, 2.05) is 32.5 Å². The molecule has 1 saturated carbocycles. The van der Waals surface area contributed by atoms with Crippen molar-refractivity contribution in [1.29, 1.82) is 0 Å². The van der Waals surface area contributed by atoms with Crippen LogP contribution in [0, 0.1) is 0 Å². The summed E-state index contributed by atoms with van der Waals surface area (Å²) in [5.41, 5.74) is 5.32. The Labute approximate surface area is 85.3 Å². The fourth-order valence-corrected chi connectivity index (χ4v) is 3.14. The van der Waals surface area contributed by atoms with Gasteiger partial charge in [-0.15, -0.1) is 0 Å². The molecule has 0 bridgehead atoms. The molecule has 0 aromatic rings. The number of thioether (sulfide) groups is 1. The first-order chi connectivity index (χ1) is 5.81. The highest BCUT2D eigenvalue weighted by atomic mass is 32.2. The molecule has 2 atom stereocenters. The van der Waals surface area contributed by atoms with Gasteiger partial charge >= 0.3 is 0 Å². The smallest absolute Gasteiger partial charge is 0.0737 e. The first kappa shape index (κ1) is 11.3. The minimum atomic E-state index is -0.462. The van der Waals surface area contributed by atoms with Crippen LogP contribution in [0.3, 0.4) is 0 Å². The predicted octanol–water partition coefficient (Wildman–Crippen LogP) is 1.76. The van der Waals surface area contributed by atoms with Gasteiger partial charge in [0.1, 0.15) is 0 Å². The molecule has 3 heteroatoms. The summed E-state index contributed by atoms with van der Waals surface area (Å²) in [6.07, 6.45) is 3.22. The van der Waals surface area contributed by atoms with Gasteiger partial charge in [-0.25, -0.2) is 0 Å². The SMILES string of the molecule is CC(C)(N)CSC1CCCC1(C)O. The van der Waals surface area contributed by atoms with Crippen LogP contribution < -0.4 is 5.73 Å². The van der Waals surface area contributed by atoms with Crippen molar-refractivity contribution in [2.24, 2.45) is 5.73 Å². The molecular formula is C10H21NOS. The molecule has 3 N–H and O–H groups in total. The molecule has 0 aliphatic heterocycles. The third-order valence-electron chi connectivity index (χ3n) is 2.50. The molecule has 1 aliphatic carbocycles. The average molecular weight is 203 g/mol. The number of nitrogens with two attached hydrogens (primary N) is 1. The lowest BCUT2D eigenvalue weighted by Crippen LogP contribution is -2.38. The van der Waals surface area contributed by atoms with Gasteiger partial charge in [-0.3, -0.25) is 0 Å². The van der Waals surface area contributed by atoms with Crippen LogP contribution in [0.2, 0.25) is 0 Å². The molecule has 0 aromatic carbocycles. The fourth-order valence-electron chi connectivity index (χ4n) is 1.70. The van der Waals surface area contributed by atoms with Crippen LogP contribution in [0.25, 0.3) is 0 Å². The van der Waals surface area contributed by atoms with E-state index in [1.165, 1.54) is 0 Å². The van der Waals surface area contributed by atoms with Crippen molar-refractivity contribution in [2.45, 2.75) is 56.4 Å². The molecule has 0 saturated heterocycles. The Bertz CT molecular complexity index is 174. The quantitative estimate of drug-likeness (QED) is 0.735. The zero-order valence-corrected chi connectivity index (χ0v) is 9.66. The summed E-state index contributed by atoms with van der Waals surface area (Å²) >= 11 is 1.82. The van der Waals surface area contributed by atoms with Gasteiger partial charge in [0, 0.05) is 16.5 Å². The molecule has 0 heterocycles. The van der Waals surface area contributed by atoms with Crippen LogP contribution in [0.4, 0.5) is 0 Å². The van der Waals surface area contributed by atoms with Gasteiger partial charge in [0.25, 0.3) is 0 Å². The fraction of sp³-hybridized carbons (Fsp3) is 1.00. The molecule has 1 aliphatic rings. The highest BCUT2D eigenvalue weighted by Crippen LogP contribution is 2.38. The van der Waals surface area contributed by atoms with Crippen LogP contribution >= 0.6 is 11.8 Å². The van der Waals surface area contributed by atoms with Crippen LogP contribution in [0.5, 0.6) is 0 Å². The van der Waals surface area contributed by atoms with Gasteiger partial charge in [0.05, 0.1) is 5.60 Å². The number of rotatable bonds is 3. The minimum Gasteiger partial charge on any atom is -0.389 e. The van der Waals surface area contributed by atoms with E-state index < -0.39 is 5.60 Å². The Morgan fingerprint density at radius 2 is 2.23 bits per heavy atom. The molecule has 2 unspecified atom stereocenters. The maximum atomic E-state index is 9.99. The van der Waals surface area contributed by atoms with E-state index in [9.17, 15) is 5.11 Å². The zero-order valence-electron chi connectivity index (χ0n) is 8.84. The van der Waals surface area contributed by atoms with E-state index in [2.05, 4.69) is 0 Å².